The van der Waals surface area contributed by atoms with E-state index in [1.54, 1.807) is 0 Å². The molecular formula is C19H23N3. The number of hydrogen-bond donors (Lipinski definition) is 1. The molecule has 1 aliphatic heterocycles. The first-order valence-corrected chi connectivity index (χ1v) is 8.36. The monoisotopic (exact) mass is 293 g/mol. The quantitative estimate of drug-likeness (QED) is 0.941. The summed E-state index contributed by atoms with van der Waals surface area (Å²) in [6.07, 6.45) is 6.84. The van der Waals surface area contributed by atoms with Gasteiger partial charge in [-0.3, -0.25) is 0 Å². The molecule has 3 nitrogen and oxygen atoms in total. The number of rotatable bonds is 3. The summed E-state index contributed by atoms with van der Waals surface area (Å²) >= 11 is 0. The summed E-state index contributed by atoms with van der Waals surface area (Å²) in [6, 6.07) is 13.7. The van der Waals surface area contributed by atoms with Crippen LogP contribution >= 0.6 is 0 Å². The molecule has 2 heterocycles. The van der Waals surface area contributed by atoms with E-state index in [9.17, 15) is 0 Å². The molecule has 2 aliphatic rings. The molecule has 2 N–H and O–H groups in total. The van der Waals surface area contributed by atoms with E-state index in [1.165, 1.54) is 29.5 Å². The van der Waals surface area contributed by atoms with Crippen molar-refractivity contribution in [2.45, 2.75) is 37.6 Å². The summed E-state index contributed by atoms with van der Waals surface area (Å²) in [5.41, 5.74) is 9.74. The number of pyridine rings is 1. The van der Waals surface area contributed by atoms with E-state index < -0.39 is 0 Å². The molecule has 114 valence electrons. The van der Waals surface area contributed by atoms with Crippen molar-refractivity contribution in [3.63, 3.8) is 0 Å². The Morgan fingerprint density at radius 3 is 2.18 bits per heavy atom. The van der Waals surface area contributed by atoms with E-state index in [-0.39, 0.29) is 0 Å². The molecule has 1 aromatic carbocycles. The van der Waals surface area contributed by atoms with Gasteiger partial charge in [-0.15, -0.1) is 0 Å². The fourth-order valence-electron chi connectivity index (χ4n) is 3.57. The van der Waals surface area contributed by atoms with E-state index in [0.29, 0.717) is 12.0 Å². The van der Waals surface area contributed by atoms with Crippen molar-refractivity contribution < 1.29 is 0 Å². The minimum Gasteiger partial charge on any atom is -0.357 e. The van der Waals surface area contributed by atoms with Crippen LogP contribution in [0, 0.1) is 0 Å². The first-order chi connectivity index (χ1) is 10.8. The maximum absolute atomic E-state index is 5.88. The Labute approximate surface area is 132 Å². The molecule has 3 heteroatoms. The normalized spacial score (nSPS) is 24.3. The highest BCUT2D eigenvalue weighted by atomic mass is 15.2. The minimum atomic E-state index is 0.409. The topological polar surface area (TPSA) is 42.1 Å². The third-order valence-corrected chi connectivity index (χ3v) is 5.07. The maximum atomic E-state index is 5.88. The van der Waals surface area contributed by atoms with Crippen LogP contribution in [0.2, 0.25) is 0 Å². The second-order valence-corrected chi connectivity index (χ2v) is 6.65. The van der Waals surface area contributed by atoms with E-state index in [2.05, 4.69) is 46.3 Å². The van der Waals surface area contributed by atoms with E-state index in [0.717, 1.165) is 31.7 Å². The van der Waals surface area contributed by atoms with Crippen LogP contribution in [0.25, 0.3) is 11.1 Å². The van der Waals surface area contributed by atoms with Crippen molar-refractivity contribution in [1.82, 2.24) is 4.98 Å². The van der Waals surface area contributed by atoms with Crippen molar-refractivity contribution >= 4 is 5.82 Å². The van der Waals surface area contributed by atoms with Gasteiger partial charge in [-0.05, 0) is 54.9 Å². The van der Waals surface area contributed by atoms with Gasteiger partial charge >= 0.3 is 0 Å². The summed E-state index contributed by atoms with van der Waals surface area (Å²) in [6.45, 7) is 2.29. The molecule has 1 saturated carbocycles. The average Bonchev–Trinajstić information content (AvgIpc) is 3.07. The predicted molar refractivity (Wildman–Crippen MR) is 91.1 cm³/mol. The van der Waals surface area contributed by atoms with Crippen LogP contribution in [0.1, 0.15) is 37.2 Å². The number of aromatic nitrogens is 1. The van der Waals surface area contributed by atoms with Crippen molar-refractivity contribution in [1.29, 1.82) is 0 Å². The first kappa shape index (κ1) is 13.8. The lowest BCUT2D eigenvalue weighted by molar-refractivity contribution is 0.351. The molecule has 22 heavy (non-hydrogen) atoms. The van der Waals surface area contributed by atoms with Crippen molar-refractivity contribution in [2.75, 3.05) is 18.0 Å². The van der Waals surface area contributed by atoms with Gasteiger partial charge in [-0.2, -0.15) is 0 Å². The number of benzene rings is 1. The second kappa shape index (κ2) is 5.73. The molecule has 0 amide bonds. The zero-order valence-corrected chi connectivity index (χ0v) is 12.9. The third kappa shape index (κ3) is 2.61. The molecule has 2 aromatic rings. The second-order valence-electron chi connectivity index (χ2n) is 6.65. The average molecular weight is 293 g/mol. The van der Waals surface area contributed by atoms with Gasteiger partial charge in [0, 0.05) is 30.9 Å². The van der Waals surface area contributed by atoms with Crippen LogP contribution in [0.4, 0.5) is 5.82 Å². The summed E-state index contributed by atoms with van der Waals surface area (Å²) < 4.78 is 0. The van der Waals surface area contributed by atoms with Gasteiger partial charge in [-0.1, -0.05) is 24.3 Å². The predicted octanol–water partition coefficient (Wildman–Crippen LogP) is 3.55. The van der Waals surface area contributed by atoms with Crippen molar-refractivity contribution in [3.8, 4) is 11.1 Å². The van der Waals surface area contributed by atoms with Gasteiger partial charge in [0.2, 0.25) is 0 Å². The van der Waals surface area contributed by atoms with Crippen molar-refractivity contribution in [3.05, 3.63) is 48.2 Å². The van der Waals surface area contributed by atoms with Crippen LogP contribution < -0.4 is 10.6 Å². The fourth-order valence-corrected chi connectivity index (χ4v) is 3.57. The van der Waals surface area contributed by atoms with Gasteiger partial charge in [0.15, 0.2) is 0 Å². The standard InChI is InChI=1S/C19H23N3/c20-18-11-17(12-18)15-5-3-14(4-6-15)16-7-8-19(21-13-16)22-9-1-2-10-22/h3-8,13,17-18H,1-2,9-12,20H2. The minimum absolute atomic E-state index is 0.409. The van der Waals surface area contributed by atoms with Gasteiger partial charge < -0.3 is 10.6 Å². The van der Waals surface area contributed by atoms with Gasteiger partial charge in [0.05, 0.1) is 0 Å². The van der Waals surface area contributed by atoms with Gasteiger partial charge in [-0.25, -0.2) is 4.98 Å². The lowest BCUT2D eigenvalue weighted by Gasteiger charge is -2.32. The molecule has 0 unspecified atom stereocenters. The Hall–Kier alpha value is -1.87. The zero-order chi connectivity index (χ0) is 14.9. The van der Waals surface area contributed by atoms with Crippen LogP contribution in [-0.4, -0.2) is 24.1 Å². The van der Waals surface area contributed by atoms with Gasteiger partial charge in [0.25, 0.3) is 0 Å². The van der Waals surface area contributed by atoms with E-state index in [4.69, 9.17) is 5.73 Å². The summed E-state index contributed by atoms with van der Waals surface area (Å²) in [7, 11) is 0. The van der Waals surface area contributed by atoms with E-state index >= 15 is 0 Å². The highest BCUT2D eigenvalue weighted by Crippen LogP contribution is 2.36. The summed E-state index contributed by atoms with van der Waals surface area (Å²) in [5.74, 6) is 1.78. The Morgan fingerprint density at radius 2 is 1.59 bits per heavy atom. The maximum Gasteiger partial charge on any atom is 0.128 e. The number of anilines is 1. The SMILES string of the molecule is NC1CC(c2ccc(-c3ccc(N4CCCC4)nc3)cc2)C1. The van der Waals surface area contributed by atoms with Crippen LogP contribution in [-0.2, 0) is 0 Å². The molecular weight excluding hydrogens is 270 g/mol. The van der Waals surface area contributed by atoms with E-state index in [1.807, 2.05) is 6.20 Å². The number of hydrogen-bond acceptors (Lipinski definition) is 3. The highest BCUT2D eigenvalue weighted by molar-refractivity contribution is 5.64. The number of nitrogens with two attached hydrogens (primary N) is 1. The summed E-state index contributed by atoms with van der Waals surface area (Å²) in [4.78, 5) is 7.01. The fraction of sp³-hybridized carbons (Fsp3) is 0.421. The molecule has 0 spiro atoms. The Balaban J connectivity index is 1.49. The van der Waals surface area contributed by atoms with Crippen LogP contribution in [0.3, 0.4) is 0 Å². The molecule has 4 rings (SSSR count). The lowest BCUT2D eigenvalue weighted by Crippen LogP contribution is -2.34. The Kier molecular flexibility index (Phi) is 3.59. The largest absolute Gasteiger partial charge is 0.357 e. The number of nitrogens with zero attached hydrogens (tertiary/aromatic N) is 2. The summed E-state index contributed by atoms with van der Waals surface area (Å²) in [5, 5.41) is 0. The van der Waals surface area contributed by atoms with Crippen LogP contribution in [0.15, 0.2) is 42.6 Å². The Bertz CT molecular complexity index is 621. The smallest absolute Gasteiger partial charge is 0.128 e. The first-order valence-electron chi connectivity index (χ1n) is 8.36. The Morgan fingerprint density at radius 1 is 0.909 bits per heavy atom. The molecule has 0 radical (unpaired) electrons. The lowest BCUT2D eigenvalue weighted by atomic mass is 9.76. The highest BCUT2D eigenvalue weighted by Gasteiger charge is 2.26. The van der Waals surface area contributed by atoms with Gasteiger partial charge in [0.1, 0.15) is 5.82 Å². The molecule has 2 fully saturated rings. The molecule has 1 aromatic heterocycles. The van der Waals surface area contributed by atoms with Crippen LogP contribution in [0.5, 0.6) is 0 Å². The molecule has 0 bridgehead atoms. The van der Waals surface area contributed by atoms with Crippen molar-refractivity contribution in [2.24, 2.45) is 5.73 Å². The third-order valence-electron chi connectivity index (χ3n) is 5.07. The molecule has 0 atom stereocenters. The zero-order valence-electron chi connectivity index (χ0n) is 12.9. The molecule has 1 saturated heterocycles. The molecule has 1 aliphatic carbocycles.